The van der Waals surface area contributed by atoms with Crippen molar-refractivity contribution in [3.05, 3.63) is 91.0 Å². The van der Waals surface area contributed by atoms with E-state index in [1.807, 2.05) is 0 Å². The van der Waals surface area contributed by atoms with Crippen LogP contribution in [-0.4, -0.2) is 43.9 Å². The maximum absolute atomic E-state index is 9.10. The van der Waals surface area contributed by atoms with Crippen molar-refractivity contribution in [1.82, 2.24) is 0 Å². The first kappa shape index (κ1) is 18.8. The van der Waals surface area contributed by atoms with Gasteiger partial charge in [0, 0.05) is 0 Å². The molecule has 0 radical (unpaired) electrons. The molecule has 0 amide bonds. The van der Waals surface area contributed by atoms with Crippen LogP contribution in [0.5, 0.6) is 0 Å². The van der Waals surface area contributed by atoms with Crippen LogP contribution in [0, 0.1) is 0 Å². The van der Waals surface area contributed by atoms with Gasteiger partial charge in [-0.3, -0.25) is 0 Å². The second-order valence-electron chi connectivity index (χ2n) is 4.95. The monoisotopic (exact) mass is 530 g/mol. The number of carboxylic acids is 2. The first-order valence-electron chi connectivity index (χ1n) is 7.51. The molecule has 0 saturated carbocycles. The number of aliphatic carboxylic acids is 2. The molecule has 0 aliphatic carbocycles. The van der Waals surface area contributed by atoms with Crippen molar-refractivity contribution in [2.24, 2.45) is 0 Å². The number of benzene rings is 3. The molecule has 0 aliphatic rings. The predicted molar refractivity (Wildman–Crippen MR) is 99.3 cm³/mol. The molecule has 0 heterocycles. The minimum atomic E-state index is -2.06. The van der Waals surface area contributed by atoms with E-state index in [1.165, 1.54) is 9.81 Å². The molecule has 0 saturated heterocycles. The Balaban J connectivity index is 0.000000326. The third-order valence-corrected chi connectivity index (χ3v) is 12.7. The van der Waals surface area contributed by atoms with E-state index in [2.05, 4.69) is 91.0 Å². The molecule has 0 aliphatic heterocycles. The molecule has 0 atom stereocenters. The van der Waals surface area contributed by atoms with E-state index in [4.69, 9.17) is 19.8 Å². The molecule has 126 valence electrons. The normalized spacial score (nSPS) is 9.80. The van der Waals surface area contributed by atoms with Gasteiger partial charge >= 0.3 is 134 Å². The van der Waals surface area contributed by atoms with Crippen molar-refractivity contribution in [3.63, 3.8) is 0 Å². The zero-order chi connectivity index (χ0) is 18.1. The van der Waals surface area contributed by atoms with E-state index in [0.717, 1.165) is 0 Å². The third-order valence-electron chi connectivity index (χ3n) is 3.23. The topological polar surface area (TPSA) is 74.6 Å². The summed E-state index contributed by atoms with van der Waals surface area (Å²) in [6.45, 7) is 0. The van der Waals surface area contributed by atoms with Gasteiger partial charge in [-0.25, -0.2) is 9.59 Å². The van der Waals surface area contributed by atoms with Crippen molar-refractivity contribution in [1.29, 1.82) is 0 Å². The molecule has 3 aromatic rings. The third kappa shape index (κ3) is 5.80. The summed E-state index contributed by atoms with van der Waals surface area (Å²) in [5.74, 6) is -3.65. The summed E-state index contributed by atoms with van der Waals surface area (Å²) in [6, 6.07) is 33.0. The molecule has 3 rings (SSSR count). The van der Waals surface area contributed by atoms with Crippen LogP contribution in [0.25, 0.3) is 0 Å². The summed E-state index contributed by atoms with van der Waals surface area (Å²) >= 11 is -2.06. The molecule has 4 nitrogen and oxygen atoms in total. The molecule has 0 spiro atoms. The van der Waals surface area contributed by atoms with Crippen LogP contribution in [0.3, 0.4) is 0 Å². The Labute approximate surface area is 154 Å². The average Bonchev–Trinajstić information content (AvgIpc) is 2.65. The summed E-state index contributed by atoms with van der Waals surface area (Å²) in [5.41, 5.74) is 0. The van der Waals surface area contributed by atoms with Gasteiger partial charge in [0.15, 0.2) is 0 Å². The van der Waals surface area contributed by atoms with E-state index in [9.17, 15) is 0 Å². The van der Waals surface area contributed by atoms with Crippen molar-refractivity contribution in [2.75, 3.05) is 0 Å². The van der Waals surface area contributed by atoms with Gasteiger partial charge < -0.3 is 10.2 Å². The number of hydrogen-bond acceptors (Lipinski definition) is 2. The van der Waals surface area contributed by atoms with Gasteiger partial charge in [0.2, 0.25) is 0 Å². The quantitative estimate of drug-likeness (QED) is 0.397. The molecule has 5 heteroatoms. The maximum atomic E-state index is 9.10. The molecule has 0 unspecified atom stereocenters. The zero-order valence-electron chi connectivity index (χ0n) is 13.3. The summed E-state index contributed by atoms with van der Waals surface area (Å²) in [7, 11) is 0. The van der Waals surface area contributed by atoms with Crippen molar-refractivity contribution >= 4 is 43.5 Å². The summed E-state index contributed by atoms with van der Waals surface area (Å²) in [4.78, 5) is 18.2. The molecule has 0 fully saturated rings. The second kappa shape index (κ2) is 9.70. The van der Waals surface area contributed by atoms with E-state index in [1.54, 1.807) is 0 Å². The Morgan fingerprint density at radius 1 is 0.520 bits per heavy atom. The number of rotatable bonds is 3. The SMILES string of the molecule is O=C(O)C(=O)O.c1cc[c]([Bi]([c]2ccccc2)[c]2ccccc2)cc1. The number of carbonyl (C=O) groups is 2. The fourth-order valence-electron chi connectivity index (χ4n) is 2.18. The van der Waals surface area contributed by atoms with Crippen molar-refractivity contribution < 1.29 is 19.8 Å². The first-order chi connectivity index (χ1) is 12.1. The van der Waals surface area contributed by atoms with Gasteiger partial charge in [0.1, 0.15) is 0 Å². The van der Waals surface area contributed by atoms with E-state index in [-0.39, 0.29) is 0 Å². The number of carboxylic acid groups (broad SMARTS) is 2. The zero-order valence-corrected chi connectivity index (χ0v) is 16.8. The second-order valence-corrected chi connectivity index (χ2v) is 13.6. The van der Waals surface area contributed by atoms with Crippen LogP contribution < -0.4 is 9.81 Å². The standard InChI is InChI=1S/3C6H5.C2H2O4.Bi/c3*1-2-4-6-5-3-1;3-1(4)2(5)6;/h3*1-5H;(H,3,4)(H,5,6);. The Morgan fingerprint density at radius 2 is 0.760 bits per heavy atom. The molecular weight excluding hydrogens is 513 g/mol. The Kier molecular flexibility index (Phi) is 7.30. The molecule has 3 aromatic carbocycles. The fourth-order valence-corrected chi connectivity index (χ4v) is 11.1. The van der Waals surface area contributed by atoms with E-state index in [0.29, 0.717) is 0 Å². The van der Waals surface area contributed by atoms with E-state index >= 15 is 0 Å². The number of hydrogen-bond donors (Lipinski definition) is 2. The van der Waals surface area contributed by atoms with E-state index < -0.39 is 33.7 Å². The molecule has 0 bridgehead atoms. The van der Waals surface area contributed by atoms with Gasteiger partial charge in [-0.05, 0) is 0 Å². The Bertz CT molecular complexity index is 699. The van der Waals surface area contributed by atoms with Crippen LogP contribution in [0.1, 0.15) is 0 Å². The average molecular weight is 530 g/mol. The van der Waals surface area contributed by atoms with Gasteiger partial charge in [0.25, 0.3) is 0 Å². The van der Waals surface area contributed by atoms with Crippen LogP contribution in [-0.2, 0) is 9.59 Å². The Morgan fingerprint density at radius 3 is 0.960 bits per heavy atom. The van der Waals surface area contributed by atoms with Gasteiger partial charge in [0.05, 0.1) is 0 Å². The van der Waals surface area contributed by atoms with Gasteiger partial charge in [-0.2, -0.15) is 0 Å². The van der Waals surface area contributed by atoms with Crippen LogP contribution in [0.15, 0.2) is 91.0 Å². The van der Waals surface area contributed by atoms with Crippen LogP contribution in [0.4, 0.5) is 0 Å². The molecule has 0 aromatic heterocycles. The molecule has 2 N–H and O–H groups in total. The first-order valence-corrected chi connectivity index (χ1v) is 12.7. The van der Waals surface area contributed by atoms with Gasteiger partial charge in [-0.15, -0.1) is 0 Å². The minimum absolute atomic E-state index is 1.54. The van der Waals surface area contributed by atoms with Crippen LogP contribution in [0.2, 0.25) is 0 Å². The summed E-state index contributed by atoms with van der Waals surface area (Å²) < 4.78 is 4.61. The van der Waals surface area contributed by atoms with Gasteiger partial charge in [-0.1, -0.05) is 0 Å². The fraction of sp³-hybridized carbons (Fsp3) is 0. The van der Waals surface area contributed by atoms with Crippen molar-refractivity contribution in [3.8, 4) is 0 Å². The summed E-state index contributed by atoms with van der Waals surface area (Å²) in [6.07, 6.45) is 0. The van der Waals surface area contributed by atoms with Crippen LogP contribution >= 0.6 is 0 Å². The van der Waals surface area contributed by atoms with Crippen molar-refractivity contribution in [2.45, 2.75) is 0 Å². The summed E-state index contributed by atoms with van der Waals surface area (Å²) in [5, 5.41) is 14.8. The molecular formula is C20H17BiO4. The predicted octanol–water partition coefficient (Wildman–Crippen LogP) is 1.36. The Hall–Kier alpha value is -2.52. The molecule has 25 heavy (non-hydrogen) atoms.